The molecule has 132 valence electrons. The Labute approximate surface area is 156 Å². The number of amides is 1. The van der Waals surface area contributed by atoms with E-state index in [1.807, 2.05) is 53.4 Å². The van der Waals surface area contributed by atoms with Crippen LogP contribution < -0.4 is 0 Å². The summed E-state index contributed by atoms with van der Waals surface area (Å²) in [5.74, 6) is 0.195. The first-order valence-electron chi connectivity index (χ1n) is 9.12. The zero-order valence-electron chi connectivity index (χ0n) is 15.3. The molecule has 0 aliphatic heterocycles. The SMILES string of the molecule is Cc1ccccc1CCC(=O)N(Cc1ccccc1)Cc1ccccc1. The Bertz CT molecular complexity index is 786. The lowest BCUT2D eigenvalue weighted by Crippen LogP contribution is -2.30. The van der Waals surface area contributed by atoms with Crippen molar-refractivity contribution in [1.29, 1.82) is 0 Å². The number of hydrogen-bond donors (Lipinski definition) is 0. The highest BCUT2D eigenvalue weighted by molar-refractivity contribution is 5.76. The Hall–Kier alpha value is -2.87. The van der Waals surface area contributed by atoms with Crippen molar-refractivity contribution in [2.24, 2.45) is 0 Å². The lowest BCUT2D eigenvalue weighted by molar-refractivity contribution is -0.132. The van der Waals surface area contributed by atoms with Crippen molar-refractivity contribution in [3.63, 3.8) is 0 Å². The maximum Gasteiger partial charge on any atom is 0.223 e. The molecule has 0 saturated heterocycles. The summed E-state index contributed by atoms with van der Waals surface area (Å²) < 4.78 is 0. The molecule has 0 atom stereocenters. The monoisotopic (exact) mass is 343 g/mol. The Morgan fingerprint density at radius 2 is 1.23 bits per heavy atom. The summed E-state index contributed by atoms with van der Waals surface area (Å²) in [5, 5.41) is 0. The number of hydrogen-bond acceptors (Lipinski definition) is 1. The number of carbonyl (C=O) groups is 1. The van der Waals surface area contributed by atoms with Gasteiger partial charge in [-0.15, -0.1) is 0 Å². The number of carbonyl (C=O) groups excluding carboxylic acids is 1. The summed E-state index contributed by atoms with van der Waals surface area (Å²) in [6.45, 7) is 3.39. The Balaban J connectivity index is 1.71. The zero-order chi connectivity index (χ0) is 18.2. The molecule has 2 nitrogen and oxygen atoms in total. The van der Waals surface area contributed by atoms with E-state index in [9.17, 15) is 4.79 Å². The van der Waals surface area contributed by atoms with Gasteiger partial charge in [0.15, 0.2) is 0 Å². The molecular formula is C24H25NO. The first-order chi connectivity index (χ1) is 12.7. The van der Waals surface area contributed by atoms with E-state index < -0.39 is 0 Å². The van der Waals surface area contributed by atoms with Gasteiger partial charge in [-0.25, -0.2) is 0 Å². The molecule has 0 radical (unpaired) electrons. The van der Waals surface area contributed by atoms with Gasteiger partial charge in [0.1, 0.15) is 0 Å². The van der Waals surface area contributed by atoms with Gasteiger partial charge in [0, 0.05) is 19.5 Å². The van der Waals surface area contributed by atoms with Crippen LogP contribution in [0.5, 0.6) is 0 Å². The molecule has 0 aliphatic carbocycles. The van der Waals surface area contributed by atoms with Crippen molar-refractivity contribution >= 4 is 5.91 Å². The van der Waals surface area contributed by atoms with E-state index >= 15 is 0 Å². The molecule has 2 heteroatoms. The second-order valence-electron chi connectivity index (χ2n) is 6.65. The number of rotatable bonds is 7. The number of aryl methyl sites for hydroxylation is 2. The van der Waals surface area contributed by atoms with Gasteiger partial charge in [0.25, 0.3) is 0 Å². The van der Waals surface area contributed by atoms with Crippen LogP contribution in [0, 0.1) is 6.92 Å². The van der Waals surface area contributed by atoms with Crippen LogP contribution in [0.25, 0.3) is 0 Å². The van der Waals surface area contributed by atoms with Gasteiger partial charge in [-0.3, -0.25) is 4.79 Å². The molecule has 26 heavy (non-hydrogen) atoms. The largest absolute Gasteiger partial charge is 0.334 e. The molecular weight excluding hydrogens is 318 g/mol. The molecule has 0 bridgehead atoms. The highest BCUT2D eigenvalue weighted by Gasteiger charge is 2.15. The minimum absolute atomic E-state index is 0.195. The molecule has 3 rings (SSSR count). The Kier molecular flexibility index (Phi) is 6.21. The van der Waals surface area contributed by atoms with E-state index in [0.29, 0.717) is 19.5 Å². The molecule has 0 saturated carbocycles. The highest BCUT2D eigenvalue weighted by atomic mass is 16.2. The van der Waals surface area contributed by atoms with Crippen LogP contribution in [-0.2, 0) is 24.3 Å². The third kappa shape index (κ3) is 5.06. The maximum atomic E-state index is 13.0. The van der Waals surface area contributed by atoms with Crippen LogP contribution >= 0.6 is 0 Å². The molecule has 0 unspecified atom stereocenters. The molecule has 0 aromatic heterocycles. The average molecular weight is 343 g/mol. The predicted molar refractivity (Wildman–Crippen MR) is 107 cm³/mol. The van der Waals surface area contributed by atoms with Crippen LogP contribution in [0.2, 0.25) is 0 Å². The summed E-state index contributed by atoms with van der Waals surface area (Å²) in [6, 6.07) is 28.7. The van der Waals surface area contributed by atoms with Crippen molar-refractivity contribution in [1.82, 2.24) is 4.90 Å². The fourth-order valence-corrected chi connectivity index (χ4v) is 3.13. The zero-order valence-corrected chi connectivity index (χ0v) is 15.3. The van der Waals surface area contributed by atoms with Crippen molar-refractivity contribution in [3.05, 3.63) is 107 Å². The molecule has 0 aliphatic rings. The smallest absolute Gasteiger partial charge is 0.223 e. The fraction of sp³-hybridized carbons (Fsp3) is 0.208. The second-order valence-corrected chi connectivity index (χ2v) is 6.65. The molecule has 0 spiro atoms. The van der Waals surface area contributed by atoms with E-state index in [0.717, 1.165) is 17.5 Å². The minimum atomic E-state index is 0.195. The van der Waals surface area contributed by atoms with Crippen LogP contribution in [0.3, 0.4) is 0 Å². The summed E-state index contributed by atoms with van der Waals surface area (Å²) in [7, 11) is 0. The van der Waals surface area contributed by atoms with Gasteiger partial charge in [0.2, 0.25) is 5.91 Å². The van der Waals surface area contributed by atoms with E-state index in [4.69, 9.17) is 0 Å². The van der Waals surface area contributed by atoms with Crippen molar-refractivity contribution in [2.75, 3.05) is 0 Å². The third-order valence-electron chi connectivity index (χ3n) is 4.65. The molecule has 0 fully saturated rings. The summed E-state index contributed by atoms with van der Waals surface area (Å²) in [5.41, 5.74) is 4.82. The topological polar surface area (TPSA) is 20.3 Å². The molecule has 1 amide bonds. The fourth-order valence-electron chi connectivity index (χ4n) is 3.13. The van der Waals surface area contributed by atoms with Gasteiger partial charge in [-0.05, 0) is 35.6 Å². The Morgan fingerprint density at radius 1 is 0.731 bits per heavy atom. The molecule has 0 N–H and O–H groups in total. The van der Waals surface area contributed by atoms with Crippen LogP contribution in [0.15, 0.2) is 84.9 Å². The standard InChI is InChI=1S/C24H25NO/c1-20-10-8-9-15-23(20)16-17-24(26)25(18-21-11-4-2-5-12-21)19-22-13-6-3-7-14-22/h2-15H,16-19H2,1H3. The second kappa shape index (κ2) is 9.00. The van der Waals surface area contributed by atoms with Crippen molar-refractivity contribution in [2.45, 2.75) is 32.9 Å². The van der Waals surface area contributed by atoms with Crippen LogP contribution in [-0.4, -0.2) is 10.8 Å². The third-order valence-corrected chi connectivity index (χ3v) is 4.65. The minimum Gasteiger partial charge on any atom is -0.334 e. The number of benzene rings is 3. The number of nitrogens with zero attached hydrogens (tertiary/aromatic N) is 1. The molecule has 0 heterocycles. The molecule has 3 aromatic rings. The van der Waals surface area contributed by atoms with Gasteiger partial charge < -0.3 is 4.90 Å². The average Bonchev–Trinajstić information content (AvgIpc) is 2.68. The first kappa shape index (κ1) is 17.9. The van der Waals surface area contributed by atoms with Crippen LogP contribution in [0.1, 0.15) is 28.7 Å². The van der Waals surface area contributed by atoms with E-state index in [1.54, 1.807) is 0 Å². The quantitative estimate of drug-likeness (QED) is 0.580. The predicted octanol–water partition coefficient (Wildman–Crippen LogP) is 5.16. The van der Waals surface area contributed by atoms with Gasteiger partial charge >= 0.3 is 0 Å². The van der Waals surface area contributed by atoms with Gasteiger partial charge in [0.05, 0.1) is 0 Å². The first-order valence-corrected chi connectivity index (χ1v) is 9.12. The Morgan fingerprint density at radius 3 is 1.77 bits per heavy atom. The lowest BCUT2D eigenvalue weighted by Gasteiger charge is -2.23. The van der Waals surface area contributed by atoms with Crippen LogP contribution in [0.4, 0.5) is 0 Å². The van der Waals surface area contributed by atoms with E-state index in [1.165, 1.54) is 11.1 Å². The van der Waals surface area contributed by atoms with Gasteiger partial charge in [-0.2, -0.15) is 0 Å². The van der Waals surface area contributed by atoms with E-state index in [2.05, 4.69) is 43.3 Å². The van der Waals surface area contributed by atoms with Crippen molar-refractivity contribution in [3.8, 4) is 0 Å². The van der Waals surface area contributed by atoms with Gasteiger partial charge in [-0.1, -0.05) is 84.9 Å². The summed E-state index contributed by atoms with van der Waals surface area (Å²) >= 11 is 0. The molecule has 3 aromatic carbocycles. The van der Waals surface area contributed by atoms with Crippen molar-refractivity contribution < 1.29 is 4.79 Å². The maximum absolute atomic E-state index is 13.0. The summed E-state index contributed by atoms with van der Waals surface area (Å²) in [6.07, 6.45) is 1.32. The normalized spacial score (nSPS) is 10.5. The van der Waals surface area contributed by atoms with E-state index in [-0.39, 0.29) is 5.91 Å². The highest BCUT2D eigenvalue weighted by Crippen LogP contribution is 2.15. The lowest BCUT2D eigenvalue weighted by atomic mass is 10.0. The summed E-state index contributed by atoms with van der Waals surface area (Å²) in [4.78, 5) is 14.9.